The minimum Gasteiger partial charge on any atom is -0.466 e. The molecule has 1 aliphatic heterocycles. The monoisotopic (exact) mass is 232 g/mol. The average Bonchev–Trinajstić information content (AvgIpc) is 2.86. The molecule has 2 fully saturated rings. The molecule has 0 radical (unpaired) electrons. The second kappa shape index (κ2) is 4.09. The van der Waals surface area contributed by atoms with E-state index in [-0.39, 0.29) is 5.97 Å². The van der Waals surface area contributed by atoms with E-state index in [1.165, 1.54) is 18.8 Å². The molecule has 0 unspecified atom stereocenters. The lowest BCUT2D eigenvalue weighted by molar-refractivity contribution is -0.134. The molecule has 2 saturated carbocycles. The molecule has 4 heteroatoms. The van der Waals surface area contributed by atoms with Crippen molar-refractivity contribution in [3.63, 3.8) is 0 Å². The van der Waals surface area contributed by atoms with Crippen LogP contribution in [0, 0.1) is 11.8 Å². The zero-order valence-corrected chi connectivity index (χ0v) is 9.87. The van der Waals surface area contributed by atoms with Crippen LogP contribution in [0.3, 0.4) is 0 Å². The molecule has 90 valence electrons. The van der Waals surface area contributed by atoms with Crippen molar-refractivity contribution in [1.29, 1.82) is 0 Å². The van der Waals surface area contributed by atoms with Gasteiger partial charge in [0.1, 0.15) is 0 Å². The molecule has 0 spiro atoms. The first-order chi connectivity index (χ1) is 8.28. The van der Waals surface area contributed by atoms with Crippen LogP contribution in [-0.4, -0.2) is 25.2 Å². The van der Waals surface area contributed by atoms with Gasteiger partial charge in [-0.05, 0) is 36.7 Å². The Morgan fingerprint density at radius 3 is 2.59 bits per heavy atom. The Balaban J connectivity index is 1.58. The maximum atomic E-state index is 11.0. The number of ether oxygens (including phenoxy) is 1. The largest absolute Gasteiger partial charge is 0.466 e. The summed E-state index contributed by atoms with van der Waals surface area (Å²) in [5.74, 6) is 0.813. The molecule has 0 N–H and O–H groups in total. The third-order valence-corrected chi connectivity index (χ3v) is 3.81. The lowest BCUT2D eigenvalue weighted by atomic mass is 10.1. The third kappa shape index (κ3) is 2.04. The highest BCUT2D eigenvalue weighted by Crippen LogP contribution is 2.45. The van der Waals surface area contributed by atoms with Crippen LogP contribution in [-0.2, 0) is 9.53 Å². The smallest absolute Gasteiger partial charge is 0.330 e. The Kier molecular flexibility index (Phi) is 2.57. The van der Waals surface area contributed by atoms with Crippen LogP contribution in [0.2, 0.25) is 0 Å². The fraction of sp³-hybridized carbons (Fsp3) is 0.615. The van der Waals surface area contributed by atoms with Gasteiger partial charge in [-0.3, -0.25) is 0 Å². The lowest BCUT2D eigenvalue weighted by Crippen LogP contribution is -2.00. The quantitative estimate of drug-likeness (QED) is 0.426. The molecule has 1 heterocycles. The van der Waals surface area contributed by atoms with Crippen LogP contribution < -0.4 is 0 Å². The summed E-state index contributed by atoms with van der Waals surface area (Å²) >= 11 is 0. The van der Waals surface area contributed by atoms with Gasteiger partial charge < -0.3 is 4.74 Å². The molecule has 0 amide bonds. The van der Waals surface area contributed by atoms with Crippen LogP contribution in [0.5, 0.6) is 0 Å². The molecule has 3 aliphatic rings. The summed E-state index contributed by atoms with van der Waals surface area (Å²) in [4.78, 5) is 11.0. The van der Waals surface area contributed by atoms with Crippen molar-refractivity contribution in [2.75, 3.05) is 7.11 Å². The molecular formula is C13H16N2O2. The summed E-state index contributed by atoms with van der Waals surface area (Å²) in [6.07, 6.45) is 9.29. The fourth-order valence-corrected chi connectivity index (χ4v) is 2.67. The van der Waals surface area contributed by atoms with Gasteiger partial charge in [-0.15, -0.1) is 0 Å². The normalized spacial score (nSPS) is 40.4. The number of hydrogen-bond acceptors (Lipinski definition) is 4. The van der Waals surface area contributed by atoms with Crippen molar-refractivity contribution in [1.82, 2.24) is 0 Å². The first kappa shape index (κ1) is 10.7. The Morgan fingerprint density at radius 2 is 2.00 bits per heavy atom. The molecular weight excluding hydrogens is 216 g/mol. The first-order valence-corrected chi connectivity index (χ1v) is 6.15. The maximum Gasteiger partial charge on any atom is 0.330 e. The van der Waals surface area contributed by atoms with Crippen molar-refractivity contribution in [2.24, 2.45) is 22.1 Å². The van der Waals surface area contributed by atoms with Gasteiger partial charge in [0.15, 0.2) is 0 Å². The number of allylic oxidation sites excluding steroid dienone is 2. The highest BCUT2D eigenvalue weighted by Gasteiger charge is 2.40. The summed E-state index contributed by atoms with van der Waals surface area (Å²) in [5.41, 5.74) is 1.42. The Morgan fingerprint density at radius 1 is 1.29 bits per heavy atom. The van der Waals surface area contributed by atoms with Crippen molar-refractivity contribution in [2.45, 2.75) is 31.3 Å². The zero-order chi connectivity index (χ0) is 11.8. The summed E-state index contributed by atoms with van der Waals surface area (Å²) in [5, 5.41) is 8.49. The fourth-order valence-electron chi connectivity index (χ4n) is 2.67. The molecule has 0 aromatic rings. The minimum atomic E-state index is -0.269. The molecule has 2 aliphatic carbocycles. The lowest BCUT2D eigenvalue weighted by Gasteiger charge is -1.99. The number of carbonyl (C=O) groups excluding carboxylic acids is 1. The number of rotatable bonds is 3. The summed E-state index contributed by atoms with van der Waals surface area (Å²) in [6.45, 7) is 0. The second-order valence-electron chi connectivity index (χ2n) is 4.95. The van der Waals surface area contributed by atoms with E-state index >= 15 is 0 Å². The van der Waals surface area contributed by atoms with Gasteiger partial charge in [0, 0.05) is 6.08 Å². The van der Waals surface area contributed by atoms with E-state index in [1.54, 1.807) is 0 Å². The van der Waals surface area contributed by atoms with Crippen LogP contribution in [0.25, 0.3) is 0 Å². The third-order valence-electron chi connectivity index (χ3n) is 3.81. The molecule has 3 rings (SSSR count). The van der Waals surface area contributed by atoms with Crippen molar-refractivity contribution in [3.05, 3.63) is 23.8 Å². The number of carbonyl (C=O) groups is 1. The van der Waals surface area contributed by atoms with Crippen molar-refractivity contribution >= 4 is 5.97 Å². The molecule has 0 aromatic carbocycles. The number of azo groups is 1. The number of methoxy groups -OCH3 is 1. The topological polar surface area (TPSA) is 51.0 Å². The minimum absolute atomic E-state index is 0.269. The van der Waals surface area contributed by atoms with Crippen LogP contribution in [0.15, 0.2) is 34.0 Å². The van der Waals surface area contributed by atoms with Crippen LogP contribution >= 0.6 is 0 Å². The van der Waals surface area contributed by atoms with E-state index in [0.29, 0.717) is 23.9 Å². The van der Waals surface area contributed by atoms with Crippen LogP contribution in [0.1, 0.15) is 19.3 Å². The van der Waals surface area contributed by atoms with E-state index in [2.05, 4.69) is 21.0 Å². The Bertz CT molecular complexity index is 409. The van der Waals surface area contributed by atoms with E-state index < -0.39 is 0 Å². The van der Waals surface area contributed by atoms with Gasteiger partial charge in [0.2, 0.25) is 0 Å². The number of esters is 1. The highest BCUT2D eigenvalue weighted by molar-refractivity contribution is 5.81. The molecule has 17 heavy (non-hydrogen) atoms. The summed E-state index contributed by atoms with van der Waals surface area (Å²) < 4.78 is 4.57. The molecule has 2 bridgehead atoms. The summed E-state index contributed by atoms with van der Waals surface area (Å²) in [7, 11) is 1.40. The Hall–Kier alpha value is -1.45. The van der Waals surface area contributed by atoms with Gasteiger partial charge in [0.05, 0.1) is 19.2 Å². The van der Waals surface area contributed by atoms with E-state index in [9.17, 15) is 4.79 Å². The number of hydrogen-bond donors (Lipinski definition) is 0. The van der Waals surface area contributed by atoms with Gasteiger partial charge in [-0.25, -0.2) is 4.79 Å². The molecule has 0 aromatic heterocycles. The average molecular weight is 232 g/mol. The SMILES string of the molecule is COC(=O)/C=C/[C@@H]1C[C@@H]1C=C1[C@@H]2CC[C@H]1N=N2. The van der Waals surface area contributed by atoms with Crippen molar-refractivity contribution < 1.29 is 9.53 Å². The standard InChI is InChI=1S/C13H16N2O2/c1-17-13(16)5-2-8-6-9(8)7-10-11-3-4-12(10)15-14-11/h2,5,7-9,11-12H,3-4,6H2,1H3/b5-2+,10-7?/t8-,9-,11-,12+/m1/s1. The predicted octanol–water partition coefficient (Wildman–Crippen LogP) is 2.27. The van der Waals surface area contributed by atoms with E-state index in [0.717, 1.165) is 19.3 Å². The van der Waals surface area contributed by atoms with Gasteiger partial charge >= 0.3 is 5.97 Å². The van der Waals surface area contributed by atoms with Gasteiger partial charge in [-0.2, -0.15) is 10.2 Å². The van der Waals surface area contributed by atoms with E-state index in [1.807, 2.05) is 6.08 Å². The van der Waals surface area contributed by atoms with Crippen LogP contribution in [0.4, 0.5) is 0 Å². The first-order valence-electron chi connectivity index (χ1n) is 6.15. The van der Waals surface area contributed by atoms with E-state index in [4.69, 9.17) is 0 Å². The maximum absolute atomic E-state index is 11.0. The van der Waals surface area contributed by atoms with Crippen molar-refractivity contribution in [3.8, 4) is 0 Å². The predicted molar refractivity (Wildman–Crippen MR) is 62.5 cm³/mol. The second-order valence-corrected chi connectivity index (χ2v) is 4.95. The summed E-state index contributed by atoms with van der Waals surface area (Å²) in [6, 6.07) is 0.733. The molecule has 0 saturated heterocycles. The zero-order valence-electron chi connectivity index (χ0n) is 9.87. The van der Waals surface area contributed by atoms with Gasteiger partial charge in [-0.1, -0.05) is 12.2 Å². The highest BCUT2D eigenvalue weighted by atomic mass is 16.5. The van der Waals surface area contributed by atoms with Gasteiger partial charge in [0.25, 0.3) is 0 Å². The number of fused-ring (bicyclic) bond motifs is 2. The Labute approximate surface area is 100 Å². The molecule has 4 atom stereocenters. The molecule has 4 nitrogen and oxygen atoms in total. The number of nitrogens with zero attached hydrogens (tertiary/aromatic N) is 2.